The van der Waals surface area contributed by atoms with Gasteiger partial charge in [-0.2, -0.15) is 26.3 Å². The summed E-state index contributed by atoms with van der Waals surface area (Å²) >= 11 is 7.10. The summed E-state index contributed by atoms with van der Waals surface area (Å²) in [6.07, 6.45) is -7.67. The molecule has 1 aliphatic rings. The third-order valence-corrected chi connectivity index (χ3v) is 6.34. The van der Waals surface area contributed by atoms with Crippen molar-refractivity contribution in [3.8, 4) is 0 Å². The number of carbonyl (C=O) groups excluding carboxylic acids is 1. The molecule has 0 spiro atoms. The highest BCUT2D eigenvalue weighted by atomic mass is 35.5. The Morgan fingerprint density at radius 2 is 1.81 bits per heavy atom. The molecule has 14 heteroatoms. The zero-order valence-corrected chi connectivity index (χ0v) is 19.6. The van der Waals surface area contributed by atoms with Crippen molar-refractivity contribution in [2.24, 2.45) is 0 Å². The molecule has 0 bridgehead atoms. The summed E-state index contributed by atoms with van der Waals surface area (Å²) < 4.78 is 78.0. The number of rotatable bonds is 4. The van der Waals surface area contributed by atoms with Crippen molar-refractivity contribution in [2.45, 2.75) is 23.1 Å². The Morgan fingerprint density at radius 1 is 1.08 bits per heavy atom. The molecule has 0 radical (unpaired) electrons. The van der Waals surface area contributed by atoms with Gasteiger partial charge in [-0.05, 0) is 29.8 Å². The molecule has 2 heterocycles. The topological polar surface area (TPSA) is 70.2 Å². The fraction of sp³-hybridized carbons (Fsp3) is 0.227. The van der Waals surface area contributed by atoms with Crippen molar-refractivity contribution in [2.75, 3.05) is 28.6 Å². The summed E-state index contributed by atoms with van der Waals surface area (Å²) in [4.78, 5) is 22.7. The van der Waals surface area contributed by atoms with E-state index in [9.17, 15) is 31.1 Å². The van der Waals surface area contributed by atoms with Crippen LogP contribution in [0, 0.1) is 0 Å². The number of halogens is 7. The van der Waals surface area contributed by atoms with Gasteiger partial charge in [0.15, 0.2) is 11.6 Å². The Morgan fingerprint density at radius 3 is 2.53 bits per heavy atom. The number of thioether (sulfide) groups is 1. The highest BCUT2D eigenvalue weighted by Gasteiger charge is 2.32. The quantitative estimate of drug-likeness (QED) is 0.274. The van der Waals surface area contributed by atoms with Crippen LogP contribution in [-0.4, -0.2) is 29.1 Å². The van der Waals surface area contributed by atoms with Gasteiger partial charge in [0.05, 0.1) is 28.0 Å². The number of amides is 2. The van der Waals surface area contributed by atoms with E-state index in [0.717, 1.165) is 42.1 Å². The van der Waals surface area contributed by atoms with Crippen LogP contribution in [0.1, 0.15) is 16.7 Å². The van der Waals surface area contributed by atoms with Gasteiger partial charge in [-0.3, -0.25) is 4.90 Å². The number of fused-ring (bicyclic) bond motifs is 1. The highest BCUT2D eigenvalue weighted by Crippen LogP contribution is 2.35. The van der Waals surface area contributed by atoms with E-state index in [2.05, 4.69) is 20.6 Å². The van der Waals surface area contributed by atoms with Crippen LogP contribution < -0.4 is 15.5 Å². The molecular formula is C22H16ClF6N5OS. The number of nitrogens with zero attached hydrogens (tertiary/aromatic N) is 3. The molecule has 2 N–H and O–H groups in total. The van der Waals surface area contributed by atoms with Gasteiger partial charge in [0.2, 0.25) is 0 Å². The molecule has 4 rings (SSSR count). The summed E-state index contributed by atoms with van der Waals surface area (Å²) in [6, 6.07) is 6.68. The summed E-state index contributed by atoms with van der Waals surface area (Å²) in [7, 11) is 0. The van der Waals surface area contributed by atoms with Gasteiger partial charge in [-0.25, -0.2) is 14.8 Å². The Hall–Kier alpha value is -3.19. The van der Waals surface area contributed by atoms with Gasteiger partial charge in [-0.1, -0.05) is 29.8 Å². The summed E-state index contributed by atoms with van der Waals surface area (Å²) in [6.45, 7) is 0.438. The van der Waals surface area contributed by atoms with Gasteiger partial charge >= 0.3 is 18.4 Å². The van der Waals surface area contributed by atoms with Crippen LogP contribution in [0.4, 0.5) is 48.5 Å². The molecule has 1 aliphatic heterocycles. The SMILES string of the molecule is O=C(Nc1cc(C(F)(F)F)ccc1Cl)N1CCNc2ncc(SCc3cccc(C(F)(F)F)c3)nc21. The van der Waals surface area contributed by atoms with E-state index in [-0.39, 0.29) is 34.6 Å². The minimum atomic E-state index is -4.62. The number of nitrogens with one attached hydrogen (secondary N) is 2. The Bertz CT molecular complexity index is 1290. The van der Waals surface area contributed by atoms with Crippen LogP contribution in [-0.2, 0) is 18.1 Å². The third kappa shape index (κ3) is 5.95. The molecule has 2 amide bonds. The van der Waals surface area contributed by atoms with Gasteiger partial charge in [0.25, 0.3) is 0 Å². The first kappa shape index (κ1) is 25.9. The van der Waals surface area contributed by atoms with E-state index >= 15 is 0 Å². The molecule has 0 unspecified atom stereocenters. The molecule has 2 aromatic carbocycles. The van der Waals surface area contributed by atoms with Crippen LogP contribution >= 0.6 is 23.4 Å². The molecule has 36 heavy (non-hydrogen) atoms. The lowest BCUT2D eigenvalue weighted by atomic mass is 10.1. The summed E-state index contributed by atoms with van der Waals surface area (Å²) in [5, 5.41) is 5.61. The van der Waals surface area contributed by atoms with Crippen LogP contribution in [0.3, 0.4) is 0 Å². The van der Waals surface area contributed by atoms with Crippen LogP contribution in [0.5, 0.6) is 0 Å². The summed E-state index contributed by atoms with van der Waals surface area (Å²) in [5.74, 6) is 0.558. The van der Waals surface area contributed by atoms with Gasteiger partial charge in [0.1, 0.15) is 5.03 Å². The monoisotopic (exact) mass is 547 g/mol. The lowest BCUT2D eigenvalue weighted by molar-refractivity contribution is -0.138. The fourth-order valence-corrected chi connectivity index (χ4v) is 4.25. The van der Waals surface area contributed by atoms with E-state index < -0.39 is 29.5 Å². The number of aromatic nitrogens is 2. The maximum absolute atomic E-state index is 13.1. The maximum Gasteiger partial charge on any atom is 0.416 e. The summed E-state index contributed by atoms with van der Waals surface area (Å²) in [5.41, 5.74) is -1.55. The molecule has 190 valence electrons. The second-order valence-electron chi connectivity index (χ2n) is 7.57. The van der Waals surface area contributed by atoms with Crippen LogP contribution in [0.15, 0.2) is 53.7 Å². The molecule has 0 aliphatic carbocycles. The Kier molecular flexibility index (Phi) is 7.23. The van der Waals surface area contributed by atoms with E-state index in [0.29, 0.717) is 17.1 Å². The molecule has 0 saturated carbocycles. The maximum atomic E-state index is 13.1. The molecule has 0 fully saturated rings. The first-order valence-corrected chi connectivity index (χ1v) is 11.6. The predicted octanol–water partition coefficient (Wildman–Crippen LogP) is 6.92. The average Bonchev–Trinajstić information content (AvgIpc) is 2.82. The molecule has 6 nitrogen and oxygen atoms in total. The van der Waals surface area contributed by atoms with Gasteiger partial charge < -0.3 is 10.6 Å². The van der Waals surface area contributed by atoms with Gasteiger partial charge in [0, 0.05) is 18.8 Å². The number of hydrogen-bond donors (Lipinski definition) is 2. The van der Waals surface area contributed by atoms with Crippen LogP contribution in [0.25, 0.3) is 0 Å². The number of anilines is 3. The Balaban J connectivity index is 1.52. The zero-order valence-electron chi connectivity index (χ0n) is 18.0. The normalized spacial score (nSPS) is 13.7. The minimum Gasteiger partial charge on any atom is -0.365 e. The Labute approximate surface area is 210 Å². The van der Waals surface area contributed by atoms with E-state index in [1.807, 2.05) is 0 Å². The van der Waals surface area contributed by atoms with Crippen molar-refractivity contribution in [1.82, 2.24) is 9.97 Å². The first-order valence-electron chi connectivity index (χ1n) is 10.3. The molecule has 0 atom stereocenters. The lowest BCUT2D eigenvalue weighted by Crippen LogP contribution is -2.42. The smallest absolute Gasteiger partial charge is 0.365 e. The second kappa shape index (κ2) is 10.1. The first-order chi connectivity index (χ1) is 16.9. The average molecular weight is 548 g/mol. The van der Waals surface area contributed by atoms with Crippen molar-refractivity contribution < 1.29 is 31.1 Å². The van der Waals surface area contributed by atoms with Crippen LogP contribution in [0.2, 0.25) is 5.02 Å². The molecular weight excluding hydrogens is 532 g/mol. The number of alkyl halides is 6. The minimum absolute atomic E-state index is 0.0804. The van der Waals surface area contributed by atoms with E-state index in [4.69, 9.17) is 11.6 Å². The lowest BCUT2D eigenvalue weighted by Gasteiger charge is -2.28. The zero-order chi connectivity index (χ0) is 26.1. The predicted molar refractivity (Wildman–Crippen MR) is 124 cm³/mol. The fourth-order valence-electron chi connectivity index (χ4n) is 3.31. The second-order valence-corrected chi connectivity index (χ2v) is 8.97. The molecule has 1 aromatic heterocycles. The number of carbonyl (C=O) groups is 1. The van der Waals surface area contributed by atoms with Crippen molar-refractivity contribution in [3.05, 3.63) is 70.4 Å². The van der Waals surface area contributed by atoms with Crippen molar-refractivity contribution in [1.29, 1.82) is 0 Å². The third-order valence-electron chi connectivity index (χ3n) is 5.04. The number of hydrogen-bond acceptors (Lipinski definition) is 5. The number of urea groups is 1. The van der Waals surface area contributed by atoms with Gasteiger partial charge in [-0.15, -0.1) is 11.8 Å². The molecule has 3 aromatic rings. The van der Waals surface area contributed by atoms with E-state index in [1.54, 1.807) is 6.07 Å². The largest absolute Gasteiger partial charge is 0.416 e. The van der Waals surface area contributed by atoms with Crippen molar-refractivity contribution in [3.63, 3.8) is 0 Å². The highest BCUT2D eigenvalue weighted by molar-refractivity contribution is 7.98. The number of benzene rings is 2. The standard InChI is InChI=1S/C22H16ClF6N5OS/c23-15-5-4-14(22(27,28)29)9-16(15)32-20(35)34-7-6-30-18-19(34)33-17(10-31-18)36-11-12-2-1-3-13(8-12)21(24,25)26/h1-5,8-10H,6-7,11H2,(H,30,31)(H,32,35). The van der Waals surface area contributed by atoms with Crippen molar-refractivity contribution >= 4 is 46.7 Å². The molecule has 0 saturated heterocycles. The van der Waals surface area contributed by atoms with E-state index in [1.165, 1.54) is 17.2 Å².